The van der Waals surface area contributed by atoms with Gasteiger partial charge in [-0.2, -0.15) is 0 Å². The van der Waals surface area contributed by atoms with Crippen LogP contribution >= 0.6 is 0 Å². The first-order chi connectivity index (χ1) is 6.27. The number of nitrogens with zero attached hydrogens (tertiary/aromatic N) is 1. The van der Waals surface area contributed by atoms with Gasteiger partial charge in [-0.1, -0.05) is 30.3 Å². The number of hydrogen-bond donors (Lipinski definition) is 1. The lowest BCUT2D eigenvalue weighted by atomic mass is 10.1. The lowest BCUT2D eigenvalue weighted by Gasteiger charge is -2.03. The van der Waals surface area contributed by atoms with Crippen LogP contribution in [0.15, 0.2) is 35.3 Å². The smallest absolute Gasteiger partial charge is 0.254 e. The van der Waals surface area contributed by atoms with E-state index in [9.17, 15) is 4.79 Å². The van der Waals surface area contributed by atoms with Crippen LogP contribution in [0.25, 0.3) is 0 Å². The van der Waals surface area contributed by atoms with E-state index in [-0.39, 0.29) is 11.9 Å². The molecule has 3 heteroatoms. The van der Waals surface area contributed by atoms with Gasteiger partial charge in [0.25, 0.3) is 5.91 Å². The quantitative estimate of drug-likeness (QED) is 0.684. The Bertz CT molecular complexity index is 356. The Labute approximate surface area is 76.5 Å². The predicted octanol–water partition coefficient (Wildman–Crippen LogP) is 1.28. The van der Waals surface area contributed by atoms with E-state index in [4.69, 9.17) is 0 Å². The van der Waals surface area contributed by atoms with Crippen molar-refractivity contribution < 1.29 is 4.79 Å². The van der Waals surface area contributed by atoms with E-state index in [1.54, 1.807) is 6.92 Å². The highest BCUT2D eigenvalue weighted by molar-refractivity contribution is 6.05. The summed E-state index contributed by atoms with van der Waals surface area (Å²) in [6.07, 6.45) is 0. The summed E-state index contributed by atoms with van der Waals surface area (Å²) in [7, 11) is 0. The van der Waals surface area contributed by atoms with E-state index < -0.39 is 0 Å². The van der Waals surface area contributed by atoms with Crippen molar-refractivity contribution >= 4 is 11.7 Å². The molecule has 0 aromatic heterocycles. The number of benzene rings is 1. The lowest BCUT2D eigenvalue weighted by Crippen LogP contribution is -2.23. The molecule has 0 aliphatic carbocycles. The van der Waals surface area contributed by atoms with Gasteiger partial charge in [0, 0.05) is 0 Å². The number of hydrogen-bond acceptors (Lipinski definition) is 2. The lowest BCUT2D eigenvalue weighted by molar-refractivity contribution is -0.120. The molecule has 0 spiro atoms. The molecule has 1 amide bonds. The first-order valence-electron chi connectivity index (χ1n) is 4.17. The molecule has 2 rings (SSSR count). The molecule has 0 bridgehead atoms. The van der Waals surface area contributed by atoms with Crippen LogP contribution in [0.2, 0.25) is 0 Å². The topological polar surface area (TPSA) is 41.5 Å². The van der Waals surface area contributed by atoms with Crippen molar-refractivity contribution in [3.8, 4) is 0 Å². The zero-order chi connectivity index (χ0) is 9.26. The van der Waals surface area contributed by atoms with Crippen molar-refractivity contribution in [2.45, 2.75) is 13.0 Å². The van der Waals surface area contributed by atoms with Gasteiger partial charge in [-0.25, -0.2) is 0 Å². The Morgan fingerprint density at radius 2 is 2.00 bits per heavy atom. The highest BCUT2D eigenvalue weighted by Crippen LogP contribution is 2.20. The molecular formula is C10H10N2O. The summed E-state index contributed by atoms with van der Waals surface area (Å²) in [6.45, 7) is 1.79. The molecule has 0 radical (unpaired) electrons. The van der Waals surface area contributed by atoms with Crippen molar-refractivity contribution in [1.82, 2.24) is 5.32 Å². The van der Waals surface area contributed by atoms with Crippen molar-refractivity contribution in [2.75, 3.05) is 0 Å². The van der Waals surface area contributed by atoms with Gasteiger partial charge in [0.1, 0.15) is 5.84 Å². The Hall–Kier alpha value is -1.64. The van der Waals surface area contributed by atoms with Gasteiger partial charge in [0.05, 0.1) is 0 Å². The minimum Gasteiger partial charge on any atom is -0.313 e. The minimum atomic E-state index is -0.346. The van der Waals surface area contributed by atoms with Gasteiger partial charge in [-0.3, -0.25) is 9.79 Å². The third-order valence-electron chi connectivity index (χ3n) is 1.99. The summed E-state index contributed by atoms with van der Waals surface area (Å²) < 4.78 is 0. The molecular weight excluding hydrogens is 164 g/mol. The average molecular weight is 174 g/mol. The summed E-state index contributed by atoms with van der Waals surface area (Å²) in [5.74, 6) is 0.655. The third kappa shape index (κ3) is 1.45. The fourth-order valence-corrected chi connectivity index (χ4v) is 1.39. The standard InChI is InChI=1S/C10H10N2O/c1-7-11-9(10(13)12-7)8-5-3-2-4-6-8/h2-6,9H,1H3,(H,11,12,13). The molecule has 1 heterocycles. The summed E-state index contributed by atoms with van der Waals surface area (Å²) in [5, 5.41) is 2.68. The van der Waals surface area contributed by atoms with Crippen LogP contribution in [0.3, 0.4) is 0 Å². The number of nitrogens with one attached hydrogen (secondary N) is 1. The number of carbonyl (C=O) groups excluding carboxylic acids is 1. The van der Waals surface area contributed by atoms with Gasteiger partial charge < -0.3 is 5.32 Å². The first-order valence-corrected chi connectivity index (χ1v) is 4.17. The van der Waals surface area contributed by atoms with Crippen LogP contribution in [-0.2, 0) is 4.79 Å². The molecule has 3 nitrogen and oxygen atoms in total. The number of amidine groups is 1. The number of aliphatic imine (C=N–C) groups is 1. The second-order valence-electron chi connectivity index (χ2n) is 3.02. The maximum Gasteiger partial charge on any atom is 0.254 e. The van der Waals surface area contributed by atoms with Gasteiger partial charge in [0.2, 0.25) is 0 Å². The van der Waals surface area contributed by atoms with Crippen LogP contribution in [0.1, 0.15) is 18.5 Å². The average Bonchev–Trinajstić information content (AvgIpc) is 2.47. The van der Waals surface area contributed by atoms with Crippen molar-refractivity contribution in [3.63, 3.8) is 0 Å². The zero-order valence-corrected chi connectivity index (χ0v) is 7.32. The first kappa shape index (κ1) is 7.98. The van der Waals surface area contributed by atoms with Crippen LogP contribution in [0.5, 0.6) is 0 Å². The molecule has 0 saturated carbocycles. The van der Waals surface area contributed by atoms with Crippen LogP contribution < -0.4 is 5.32 Å². The maximum absolute atomic E-state index is 11.4. The van der Waals surface area contributed by atoms with Gasteiger partial charge in [-0.05, 0) is 12.5 Å². The summed E-state index contributed by atoms with van der Waals surface area (Å²) in [4.78, 5) is 15.6. The predicted molar refractivity (Wildman–Crippen MR) is 50.4 cm³/mol. The van der Waals surface area contributed by atoms with E-state index in [0.29, 0.717) is 5.84 Å². The Morgan fingerprint density at radius 1 is 1.31 bits per heavy atom. The molecule has 66 valence electrons. The van der Waals surface area contributed by atoms with Crippen LogP contribution in [0.4, 0.5) is 0 Å². The fraction of sp³-hybridized carbons (Fsp3) is 0.200. The van der Waals surface area contributed by atoms with E-state index in [2.05, 4.69) is 10.3 Å². The Morgan fingerprint density at radius 3 is 2.54 bits per heavy atom. The largest absolute Gasteiger partial charge is 0.313 e. The van der Waals surface area contributed by atoms with Crippen molar-refractivity contribution in [3.05, 3.63) is 35.9 Å². The molecule has 1 N–H and O–H groups in total. The van der Waals surface area contributed by atoms with E-state index in [1.807, 2.05) is 30.3 Å². The molecule has 1 atom stereocenters. The second-order valence-corrected chi connectivity index (χ2v) is 3.02. The molecule has 1 aromatic rings. The van der Waals surface area contributed by atoms with Crippen molar-refractivity contribution in [2.24, 2.45) is 4.99 Å². The van der Waals surface area contributed by atoms with Gasteiger partial charge >= 0.3 is 0 Å². The normalized spacial score (nSPS) is 21.2. The molecule has 1 aromatic carbocycles. The third-order valence-corrected chi connectivity index (χ3v) is 1.99. The Balaban J connectivity index is 2.33. The molecule has 1 aliphatic rings. The summed E-state index contributed by atoms with van der Waals surface area (Å²) in [5.41, 5.74) is 0.942. The highest BCUT2D eigenvalue weighted by atomic mass is 16.2. The Kier molecular flexibility index (Phi) is 1.85. The molecule has 1 aliphatic heterocycles. The summed E-state index contributed by atoms with van der Waals surface area (Å²) >= 11 is 0. The molecule has 0 saturated heterocycles. The number of rotatable bonds is 1. The van der Waals surface area contributed by atoms with E-state index in [1.165, 1.54) is 0 Å². The number of carbonyl (C=O) groups is 1. The highest BCUT2D eigenvalue weighted by Gasteiger charge is 2.25. The van der Waals surface area contributed by atoms with Gasteiger partial charge in [-0.15, -0.1) is 0 Å². The van der Waals surface area contributed by atoms with E-state index in [0.717, 1.165) is 5.56 Å². The minimum absolute atomic E-state index is 0.0382. The molecule has 13 heavy (non-hydrogen) atoms. The maximum atomic E-state index is 11.4. The summed E-state index contributed by atoms with van der Waals surface area (Å²) in [6, 6.07) is 9.21. The fourth-order valence-electron chi connectivity index (χ4n) is 1.39. The van der Waals surface area contributed by atoms with Crippen LogP contribution in [-0.4, -0.2) is 11.7 Å². The zero-order valence-electron chi connectivity index (χ0n) is 7.32. The van der Waals surface area contributed by atoms with Crippen LogP contribution in [0, 0.1) is 0 Å². The molecule has 1 unspecified atom stereocenters. The molecule has 0 fully saturated rings. The second kappa shape index (κ2) is 3.01. The van der Waals surface area contributed by atoms with Crippen molar-refractivity contribution in [1.29, 1.82) is 0 Å². The monoisotopic (exact) mass is 174 g/mol. The number of amides is 1. The van der Waals surface area contributed by atoms with Gasteiger partial charge in [0.15, 0.2) is 6.04 Å². The SMILES string of the molecule is CC1=NC(c2ccccc2)C(=O)N1. The van der Waals surface area contributed by atoms with E-state index >= 15 is 0 Å².